The second-order valence-electron chi connectivity index (χ2n) is 21.0. The molecule has 8 aliphatic rings. The van der Waals surface area contributed by atoms with Gasteiger partial charge in [0.2, 0.25) is 5.91 Å². The van der Waals surface area contributed by atoms with E-state index in [9.17, 15) is 45.3 Å². The summed E-state index contributed by atoms with van der Waals surface area (Å²) in [7, 11) is 0. The van der Waals surface area contributed by atoms with Crippen LogP contribution >= 0.6 is 0 Å². The van der Waals surface area contributed by atoms with Gasteiger partial charge in [0.25, 0.3) is 0 Å². The molecule has 0 unspecified atom stereocenters. The number of nitrogens with one attached hydrogen (secondary N) is 1. The number of carbonyl (C=O) groups excluding carboxylic acids is 1. The summed E-state index contributed by atoms with van der Waals surface area (Å²) < 4.78 is 12.2. The Bertz CT molecular complexity index is 1570. The fourth-order valence-electron chi connectivity index (χ4n) is 15.8. The monoisotopic (exact) mass is 773 g/mol. The maximum Gasteiger partial charge on any atom is 0.310 e. The lowest BCUT2D eigenvalue weighted by Gasteiger charge is -2.74. The standard InChI is InChI=1S/C43H67NO11/c1-38(20-45)15-24-8-6-7-23-16-43(24,37(52)53)27(17-38)25-9-10-30-40(3,42(23,25)5)12-11-29-39(2,21-46)35(55-36-34(51)33(50)28(47)19-54-36)32(49)26(41(29,30)4)13-22-14-31(48)44-18-22/h9,22-24,26-30,32-36,45-47,49-51H,6-8,10-21H2,1-5H3,(H,44,48)(H,52,53)/t22-,23-,24+,26-,27-,28+,29+,30-,32+,33-,34+,35+,36-,38-,39-,40+,41-,42+,43+/m0/s1. The molecule has 0 spiro atoms. The maximum absolute atomic E-state index is 13.7. The number of hydrogen-bond acceptors (Lipinski definition) is 10. The van der Waals surface area contributed by atoms with Gasteiger partial charge in [-0.25, -0.2) is 0 Å². The predicted octanol–water partition coefficient (Wildman–Crippen LogP) is 3.00. The Labute approximate surface area is 325 Å². The third kappa shape index (κ3) is 5.36. The molecule has 2 saturated heterocycles. The van der Waals surface area contributed by atoms with E-state index >= 15 is 0 Å². The van der Waals surface area contributed by atoms with Crippen molar-refractivity contribution in [2.45, 2.75) is 142 Å². The van der Waals surface area contributed by atoms with Crippen molar-refractivity contribution in [3.05, 3.63) is 11.6 Å². The first-order valence-electron chi connectivity index (χ1n) is 21.3. The Morgan fingerprint density at radius 2 is 1.65 bits per heavy atom. The van der Waals surface area contributed by atoms with E-state index < -0.39 is 59.0 Å². The van der Waals surface area contributed by atoms with Gasteiger partial charge >= 0.3 is 5.97 Å². The van der Waals surface area contributed by atoms with Gasteiger partial charge in [-0.1, -0.05) is 52.7 Å². The van der Waals surface area contributed by atoms with Gasteiger partial charge in [-0.3, -0.25) is 9.59 Å². The molecule has 5 saturated carbocycles. The smallest absolute Gasteiger partial charge is 0.310 e. The number of carbonyl (C=O) groups is 2. The Morgan fingerprint density at radius 1 is 0.927 bits per heavy atom. The predicted molar refractivity (Wildman–Crippen MR) is 200 cm³/mol. The number of aliphatic hydroxyl groups is 6. The molecule has 2 aliphatic heterocycles. The molecule has 0 aromatic heterocycles. The normalized spacial score (nSPS) is 55.9. The van der Waals surface area contributed by atoms with Gasteiger partial charge in [0, 0.05) is 25.0 Å². The molecule has 8 rings (SSSR count). The Kier molecular flexibility index (Phi) is 9.81. The van der Waals surface area contributed by atoms with E-state index in [1.807, 2.05) is 6.92 Å². The number of aliphatic hydroxyl groups excluding tert-OH is 6. The van der Waals surface area contributed by atoms with Crippen molar-refractivity contribution in [1.82, 2.24) is 5.32 Å². The van der Waals surface area contributed by atoms with Crippen LogP contribution in [0.1, 0.15) is 105 Å². The zero-order valence-electron chi connectivity index (χ0n) is 33.5. The number of carboxylic acids is 1. The summed E-state index contributed by atoms with van der Waals surface area (Å²) in [5, 5.41) is 80.9. The molecule has 310 valence electrons. The number of aliphatic carboxylic acids is 1. The van der Waals surface area contributed by atoms with Crippen molar-refractivity contribution >= 4 is 11.9 Å². The average molecular weight is 774 g/mol. The summed E-state index contributed by atoms with van der Waals surface area (Å²) >= 11 is 0. The highest BCUT2D eigenvalue weighted by molar-refractivity contribution is 5.78. The van der Waals surface area contributed by atoms with Crippen LogP contribution in [0.4, 0.5) is 0 Å². The molecule has 12 nitrogen and oxygen atoms in total. The van der Waals surface area contributed by atoms with Gasteiger partial charge in [0.05, 0.1) is 30.8 Å². The number of ether oxygens (including phenoxy) is 2. The SMILES string of the molecule is C[C@]1(CO)C[C@H]2CCC[C@H]3C[C@]2(C(=O)O)[C@@H](C1)C1=CC[C@@H]2[C@]4(C)[C@H](CC[C@@]2(C)[C@@]13C)[C@](C)(CO)[C@H](O[C@@H]1OC[C@@H](O)[C@H](O)[C@H]1O)[C@H](O)[C@@H]4C[C@@H]1CNC(=O)C1. The van der Waals surface area contributed by atoms with Gasteiger partial charge in [0.15, 0.2) is 6.29 Å². The van der Waals surface area contributed by atoms with Crippen LogP contribution in [0.3, 0.4) is 0 Å². The van der Waals surface area contributed by atoms with Crippen molar-refractivity contribution in [3.63, 3.8) is 0 Å². The van der Waals surface area contributed by atoms with Gasteiger partial charge in [-0.05, 0) is 121 Å². The Balaban J connectivity index is 1.25. The molecule has 0 aromatic rings. The highest BCUT2D eigenvalue weighted by Crippen LogP contribution is 2.79. The lowest BCUT2D eigenvalue weighted by Crippen LogP contribution is -2.73. The van der Waals surface area contributed by atoms with E-state index in [0.717, 1.165) is 38.5 Å². The molecule has 6 aliphatic carbocycles. The first-order valence-corrected chi connectivity index (χ1v) is 21.3. The van der Waals surface area contributed by atoms with E-state index in [1.165, 1.54) is 5.57 Å². The molecule has 1 amide bonds. The van der Waals surface area contributed by atoms with Gasteiger partial charge in [-0.15, -0.1) is 0 Å². The van der Waals surface area contributed by atoms with Crippen LogP contribution in [-0.4, -0.2) is 111 Å². The van der Waals surface area contributed by atoms with E-state index in [-0.39, 0.29) is 83.4 Å². The van der Waals surface area contributed by atoms with Crippen LogP contribution in [0.25, 0.3) is 0 Å². The second kappa shape index (κ2) is 13.4. The topological polar surface area (TPSA) is 206 Å². The summed E-state index contributed by atoms with van der Waals surface area (Å²) in [5.41, 5.74) is -2.11. The Morgan fingerprint density at radius 3 is 2.31 bits per heavy atom. The highest BCUT2D eigenvalue weighted by atomic mass is 16.7. The van der Waals surface area contributed by atoms with Crippen LogP contribution in [0.5, 0.6) is 0 Å². The van der Waals surface area contributed by atoms with Crippen molar-refractivity contribution in [3.8, 4) is 0 Å². The number of carboxylic acid groups (broad SMARTS) is 1. The number of rotatable bonds is 7. The zero-order chi connectivity index (χ0) is 39.7. The minimum absolute atomic E-state index is 0.00831. The molecule has 2 heterocycles. The first kappa shape index (κ1) is 40.2. The molecule has 8 N–H and O–H groups in total. The summed E-state index contributed by atoms with van der Waals surface area (Å²) in [4.78, 5) is 26.3. The zero-order valence-corrected chi connectivity index (χ0v) is 33.5. The van der Waals surface area contributed by atoms with E-state index in [4.69, 9.17) is 9.47 Å². The Hall–Kier alpha value is -1.64. The maximum atomic E-state index is 13.7. The van der Waals surface area contributed by atoms with Crippen molar-refractivity contribution in [1.29, 1.82) is 0 Å². The molecular formula is C43H67NO11. The van der Waals surface area contributed by atoms with Crippen LogP contribution in [0, 0.1) is 73.9 Å². The van der Waals surface area contributed by atoms with E-state index in [0.29, 0.717) is 38.6 Å². The molecule has 2 bridgehead atoms. The van der Waals surface area contributed by atoms with Gasteiger partial charge in [0.1, 0.15) is 18.3 Å². The highest BCUT2D eigenvalue weighted by Gasteiger charge is 2.75. The third-order valence-electron chi connectivity index (χ3n) is 18.7. The summed E-state index contributed by atoms with van der Waals surface area (Å²) in [6, 6.07) is 0. The fourth-order valence-corrected chi connectivity index (χ4v) is 15.8. The minimum Gasteiger partial charge on any atom is -0.481 e. The first-order chi connectivity index (χ1) is 25.9. The summed E-state index contributed by atoms with van der Waals surface area (Å²) in [6.45, 7) is 11.2. The lowest BCUT2D eigenvalue weighted by atomic mass is 9.30. The second-order valence-corrected chi connectivity index (χ2v) is 21.0. The molecular weight excluding hydrogens is 706 g/mol. The largest absolute Gasteiger partial charge is 0.481 e. The lowest BCUT2D eigenvalue weighted by molar-refractivity contribution is -0.341. The third-order valence-corrected chi connectivity index (χ3v) is 18.7. The summed E-state index contributed by atoms with van der Waals surface area (Å²) in [5.74, 6) is -1.20. The van der Waals surface area contributed by atoms with Crippen molar-refractivity contribution in [2.24, 2.45) is 73.9 Å². The number of fused-ring (bicyclic) bond motifs is 8. The van der Waals surface area contributed by atoms with Gasteiger partial charge < -0.3 is 50.5 Å². The van der Waals surface area contributed by atoms with E-state index in [2.05, 4.69) is 39.1 Å². The van der Waals surface area contributed by atoms with Crippen LogP contribution in [0.2, 0.25) is 0 Å². The van der Waals surface area contributed by atoms with Crippen molar-refractivity contribution < 1.29 is 54.8 Å². The number of hydrogen-bond donors (Lipinski definition) is 8. The minimum atomic E-state index is -1.56. The van der Waals surface area contributed by atoms with Crippen molar-refractivity contribution in [2.75, 3.05) is 26.4 Å². The fraction of sp³-hybridized carbons (Fsp3) is 0.907. The van der Waals surface area contributed by atoms with Crippen LogP contribution in [0.15, 0.2) is 11.6 Å². The molecule has 7 fully saturated rings. The molecule has 0 radical (unpaired) electrons. The average Bonchev–Trinajstić information content (AvgIpc) is 3.46. The summed E-state index contributed by atoms with van der Waals surface area (Å²) in [6.07, 6.45) is 2.53. The molecule has 12 heteroatoms. The molecule has 55 heavy (non-hydrogen) atoms. The van der Waals surface area contributed by atoms with Crippen LogP contribution in [-0.2, 0) is 19.1 Å². The van der Waals surface area contributed by atoms with Crippen LogP contribution < -0.4 is 5.32 Å². The van der Waals surface area contributed by atoms with Gasteiger partial charge in [-0.2, -0.15) is 0 Å². The number of amides is 1. The molecule has 0 aromatic carbocycles. The number of allylic oxidation sites excluding steroid dienone is 2. The van der Waals surface area contributed by atoms with E-state index in [1.54, 1.807) is 0 Å². The quantitative estimate of drug-likeness (QED) is 0.140. The molecule has 19 atom stereocenters.